The third kappa shape index (κ3) is 2.21. The molecule has 0 aromatic heterocycles. The molecule has 13 heavy (non-hydrogen) atoms. The molecule has 1 aliphatic heterocycles. The van der Waals surface area contributed by atoms with Crippen LogP contribution in [0.2, 0.25) is 0 Å². The van der Waals surface area contributed by atoms with E-state index >= 15 is 0 Å². The number of nitrogens with zero attached hydrogens (tertiary/aromatic N) is 1. The lowest BCUT2D eigenvalue weighted by molar-refractivity contribution is 0.225. The third-order valence-electron chi connectivity index (χ3n) is 2.75. The second kappa shape index (κ2) is 3.55. The summed E-state index contributed by atoms with van der Waals surface area (Å²) in [5.41, 5.74) is -0.359. The Morgan fingerprint density at radius 1 is 1.54 bits per heavy atom. The Morgan fingerprint density at radius 2 is 2.15 bits per heavy atom. The van der Waals surface area contributed by atoms with Gasteiger partial charge in [0.25, 0.3) is 0 Å². The summed E-state index contributed by atoms with van der Waals surface area (Å²) >= 11 is 0. The molecule has 0 aromatic carbocycles. The van der Waals surface area contributed by atoms with E-state index in [2.05, 4.69) is 0 Å². The van der Waals surface area contributed by atoms with Crippen molar-refractivity contribution in [1.29, 1.82) is 0 Å². The van der Waals surface area contributed by atoms with Crippen LogP contribution in [-0.2, 0) is 10.3 Å². The fourth-order valence-corrected chi connectivity index (χ4v) is 3.28. The number of rotatable bonds is 3. The summed E-state index contributed by atoms with van der Waals surface area (Å²) in [7, 11) is -4.00. The molecule has 1 unspecified atom stereocenters. The molecule has 78 valence electrons. The van der Waals surface area contributed by atoms with E-state index in [9.17, 15) is 8.42 Å². The Balaban J connectivity index is 2.86. The highest BCUT2D eigenvalue weighted by molar-refractivity contribution is 7.83. The normalized spacial score (nSPS) is 31.0. The molecule has 0 radical (unpaired) electrons. The van der Waals surface area contributed by atoms with Crippen molar-refractivity contribution < 1.29 is 13.0 Å². The maximum atomic E-state index is 11.0. The van der Waals surface area contributed by atoms with Crippen LogP contribution in [0, 0.1) is 0 Å². The van der Waals surface area contributed by atoms with Gasteiger partial charge in [-0.15, -0.1) is 0 Å². The Hall–Kier alpha value is -0.130. The lowest BCUT2D eigenvalue weighted by Gasteiger charge is -2.31. The quantitative estimate of drug-likeness (QED) is 0.712. The van der Waals surface area contributed by atoms with Crippen LogP contribution in [0.25, 0.3) is 0 Å². The summed E-state index contributed by atoms with van der Waals surface area (Å²) in [6.45, 7) is 4.37. The maximum absolute atomic E-state index is 11.0. The summed E-state index contributed by atoms with van der Waals surface area (Å²) in [4.78, 5) is 0. The maximum Gasteiger partial charge on any atom is 0.336 e. The van der Waals surface area contributed by atoms with E-state index in [0.717, 1.165) is 25.7 Å². The molecule has 0 aromatic rings. The van der Waals surface area contributed by atoms with Gasteiger partial charge in [0.05, 0.1) is 0 Å². The minimum absolute atomic E-state index is 0.359. The summed E-state index contributed by atoms with van der Waals surface area (Å²) < 4.78 is 32.2. The van der Waals surface area contributed by atoms with Gasteiger partial charge < -0.3 is 0 Å². The van der Waals surface area contributed by atoms with E-state index < -0.39 is 10.3 Å². The molecular weight excluding hydrogens is 190 g/mol. The molecule has 1 heterocycles. The molecule has 1 atom stereocenters. The molecule has 1 rings (SSSR count). The highest BCUT2D eigenvalue weighted by atomic mass is 32.2. The average Bonchev–Trinajstić information content (AvgIpc) is 2.30. The largest absolute Gasteiger partial charge is 0.336 e. The van der Waals surface area contributed by atoms with Gasteiger partial charge in [-0.3, -0.25) is 4.55 Å². The Kier molecular flexibility index (Phi) is 2.99. The molecular formula is C8H17NO3S. The smallest absolute Gasteiger partial charge is 0.273 e. The molecule has 5 heteroatoms. The first-order valence-corrected chi connectivity index (χ1v) is 6.05. The first-order chi connectivity index (χ1) is 5.90. The third-order valence-corrected chi connectivity index (χ3v) is 3.93. The molecule has 1 aliphatic rings. The van der Waals surface area contributed by atoms with Crippen LogP contribution in [0.1, 0.15) is 39.5 Å². The zero-order valence-corrected chi connectivity index (χ0v) is 8.97. The Bertz CT molecular complexity index is 275. The molecule has 0 saturated carbocycles. The first kappa shape index (κ1) is 10.9. The van der Waals surface area contributed by atoms with Gasteiger partial charge in [-0.1, -0.05) is 13.3 Å². The van der Waals surface area contributed by atoms with Crippen LogP contribution in [0.3, 0.4) is 0 Å². The Labute approximate surface area is 79.8 Å². The van der Waals surface area contributed by atoms with Gasteiger partial charge in [0.15, 0.2) is 0 Å². The van der Waals surface area contributed by atoms with Gasteiger partial charge in [-0.2, -0.15) is 12.7 Å². The highest BCUT2D eigenvalue weighted by Crippen LogP contribution is 2.34. The van der Waals surface area contributed by atoms with Crippen molar-refractivity contribution in [2.45, 2.75) is 45.1 Å². The molecule has 1 fully saturated rings. The van der Waals surface area contributed by atoms with Gasteiger partial charge in [-0.25, -0.2) is 0 Å². The zero-order valence-electron chi connectivity index (χ0n) is 8.15. The molecule has 0 amide bonds. The van der Waals surface area contributed by atoms with E-state index in [0.29, 0.717) is 6.54 Å². The van der Waals surface area contributed by atoms with Crippen molar-refractivity contribution in [2.24, 2.45) is 0 Å². The fraction of sp³-hybridized carbons (Fsp3) is 1.00. The van der Waals surface area contributed by atoms with E-state index in [4.69, 9.17) is 4.55 Å². The predicted molar refractivity (Wildman–Crippen MR) is 50.8 cm³/mol. The second-order valence-electron chi connectivity index (χ2n) is 3.90. The van der Waals surface area contributed by atoms with Gasteiger partial charge in [0.1, 0.15) is 0 Å². The summed E-state index contributed by atoms with van der Waals surface area (Å²) in [5, 5.41) is 0. The van der Waals surface area contributed by atoms with Gasteiger partial charge >= 0.3 is 10.3 Å². The van der Waals surface area contributed by atoms with Crippen molar-refractivity contribution in [3.8, 4) is 0 Å². The van der Waals surface area contributed by atoms with Gasteiger partial charge in [-0.05, 0) is 26.2 Å². The molecule has 4 nitrogen and oxygen atoms in total. The molecule has 0 spiro atoms. The summed E-state index contributed by atoms with van der Waals surface area (Å²) in [6.07, 6.45) is 3.44. The van der Waals surface area contributed by atoms with E-state index in [1.54, 1.807) is 0 Å². The van der Waals surface area contributed by atoms with Crippen LogP contribution < -0.4 is 0 Å². The van der Waals surface area contributed by atoms with Gasteiger partial charge in [0.2, 0.25) is 0 Å². The van der Waals surface area contributed by atoms with Crippen molar-refractivity contribution in [3.63, 3.8) is 0 Å². The second-order valence-corrected chi connectivity index (χ2v) is 5.24. The molecule has 0 bridgehead atoms. The monoisotopic (exact) mass is 207 g/mol. The van der Waals surface area contributed by atoms with Crippen LogP contribution in [-0.4, -0.2) is 29.4 Å². The minimum atomic E-state index is -4.00. The van der Waals surface area contributed by atoms with Crippen LogP contribution in [0.5, 0.6) is 0 Å². The van der Waals surface area contributed by atoms with Crippen molar-refractivity contribution in [3.05, 3.63) is 0 Å². The lowest BCUT2D eigenvalue weighted by Crippen LogP contribution is -2.44. The standard InChI is InChI=1S/C8H17NO3S/c1-3-5-8(2)6-4-7-9(8)13(10,11)12/h3-7H2,1-2H3,(H,10,11,12). The van der Waals surface area contributed by atoms with Crippen molar-refractivity contribution in [2.75, 3.05) is 6.54 Å². The predicted octanol–water partition coefficient (Wildman–Crippen LogP) is 1.44. The van der Waals surface area contributed by atoms with Crippen LogP contribution in [0.4, 0.5) is 0 Å². The fourth-order valence-electron chi connectivity index (χ4n) is 2.18. The van der Waals surface area contributed by atoms with Crippen LogP contribution in [0.15, 0.2) is 0 Å². The van der Waals surface area contributed by atoms with E-state index in [1.165, 1.54) is 4.31 Å². The number of hydrogen-bond donors (Lipinski definition) is 1. The van der Waals surface area contributed by atoms with Crippen molar-refractivity contribution >= 4 is 10.3 Å². The lowest BCUT2D eigenvalue weighted by atomic mass is 9.95. The molecule has 1 N–H and O–H groups in total. The minimum Gasteiger partial charge on any atom is -0.273 e. The first-order valence-electron chi connectivity index (χ1n) is 4.65. The van der Waals surface area contributed by atoms with Crippen molar-refractivity contribution in [1.82, 2.24) is 4.31 Å². The zero-order chi connectivity index (χ0) is 10.1. The van der Waals surface area contributed by atoms with Crippen LogP contribution >= 0.6 is 0 Å². The average molecular weight is 207 g/mol. The SMILES string of the molecule is CCCC1(C)CCCN1S(=O)(=O)O. The van der Waals surface area contributed by atoms with E-state index in [1.807, 2.05) is 13.8 Å². The van der Waals surface area contributed by atoms with Gasteiger partial charge in [0, 0.05) is 12.1 Å². The topological polar surface area (TPSA) is 57.6 Å². The molecule has 1 saturated heterocycles. The van der Waals surface area contributed by atoms with E-state index in [-0.39, 0.29) is 5.54 Å². The summed E-state index contributed by atoms with van der Waals surface area (Å²) in [5.74, 6) is 0. The Morgan fingerprint density at radius 3 is 2.62 bits per heavy atom. The number of hydrogen-bond acceptors (Lipinski definition) is 2. The molecule has 0 aliphatic carbocycles. The summed E-state index contributed by atoms with van der Waals surface area (Å²) in [6, 6.07) is 0. The highest BCUT2D eigenvalue weighted by Gasteiger charge is 2.42.